The van der Waals surface area contributed by atoms with Crippen LogP contribution in [0, 0.1) is 13.8 Å². The van der Waals surface area contributed by atoms with E-state index in [4.69, 9.17) is 5.73 Å². The summed E-state index contributed by atoms with van der Waals surface area (Å²) in [7, 11) is 0. The first-order valence-electron chi connectivity index (χ1n) is 6.92. The molecule has 0 spiro atoms. The number of benzene rings is 2. The van der Waals surface area contributed by atoms with Gasteiger partial charge in [0.15, 0.2) is 0 Å². The summed E-state index contributed by atoms with van der Waals surface area (Å²) < 4.78 is 1.34. The summed E-state index contributed by atoms with van der Waals surface area (Å²) in [6.45, 7) is 4.26. The van der Waals surface area contributed by atoms with E-state index in [0.717, 1.165) is 6.42 Å². The molecule has 1 unspecified atom stereocenters. The van der Waals surface area contributed by atoms with Crippen LogP contribution >= 0.6 is 11.3 Å². The second-order valence-electron chi connectivity index (χ2n) is 5.49. The van der Waals surface area contributed by atoms with E-state index in [0.29, 0.717) is 0 Å². The summed E-state index contributed by atoms with van der Waals surface area (Å²) in [5.74, 6) is 0. The fourth-order valence-corrected chi connectivity index (χ4v) is 3.75. The Bertz CT molecular complexity index is 722. The van der Waals surface area contributed by atoms with Crippen molar-refractivity contribution in [3.8, 4) is 0 Å². The minimum atomic E-state index is 0.0617. The lowest BCUT2D eigenvalue weighted by molar-refractivity contribution is 0.725. The Kier molecular flexibility index (Phi) is 3.60. The Morgan fingerprint density at radius 1 is 1.05 bits per heavy atom. The zero-order valence-electron chi connectivity index (χ0n) is 11.9. The van der Waals surface area contributed by atoms with Gasteiger partial charge in [-0.05, 0) is 48.2 Å². The molecule has 1 nitrogen and oxygen atoms in total. The Morgan fingerprint density at radius 2 is 1.75 bits per heavy atom. The van der Waals surface area contributed by atoms with Crippen molar-refractivity contribution in [2.24, 2.45) is 5.73 Å². The standard InChI is InChI=1S/C18H19NS/c1-12-7-13(2)9-14(8-12)17(19)10-15-11-20-18-6-4-3-5-16(15)18/h3-9,11,17H,10,19H2,1-2H3. The van der Waals surface area contributed by atoms with Crippen molar-refractivity contribution >= 4 is 21.4 Å². The van der Waals surface area contributed by atoms with Crippen LogP contribution in [0.2, 0.25) is 0 Å². The van der Waals surface area contributed by atoms with Crippen LogP contribution in [0.25, 0.3) is 10.1 Å². The number of fused-ring (bicyclic) bond motifs is 1. The molecule has 2 aromatic carbocycles. The maximum atomic E-state index is 6.42. The molecule has 1 aromatic heterocycles. The highest BCUT2D eigenvalue weighted by molar-refractivity contribution is 7.17. The van der Waals surface area contributed by atoms with Crippen LogP contribution in [-0.4, -0.2) is 0 Å². The number of aryl methyl sites for hydroxylation is 2. The molecule has 0 aliphatic heterocycles. The van der Waals surface area contributed by atoms with Crippen LogP contribution in [0.3, 0.4) is 0 Å². The number of nitrogens with two attached hydrogens (primary N) is 1. The maximum Gasteiger partial charge on any atom is 0.0345 e. The van der Waals surface area contributed by atoms with Gasteiger partial charge in [-0.15, -0.1) is 11.3 Å². The molecule has 1 atom stereocenters. The van der Waals surface area contributed by atoms with E-state index in [1.807, 2.05) is 0 Å². The van der Waals surface area contributed by atoms with Gasteiger partial charge in [0.05, 0.1) is 0 Å². The predicted octanol–water partition coefficient (Wildman–Crippen LogP) is 4.76. The fraction of sp³-hybridized carbons (Fsp3) is 0.222. The van der Waals surface area contributed by atoms with Crippen LogP contribution in [-0.2, 0) is 6.42 Å². The molecule has 0 saturated heterocycles. The fourth-order valence-electron chi connectivity index (χ4n) is 2.77. The summed E-state index contributed by atoms with van der Waals surface area (Å²) in [4.78, 5) is 0. The molecular formula is C18H19NS. The quantitative estimate of drug-likeness (QED) is 0.736. The summed E-state index contributed by atoms with van der Waals surface area (Å²) in [6, 6.07) is 15.2. The van der Waals surface area contributed by atoms with Gasteiger partial charge >= 0.3 is 0 Å². The zero-order chi connectivity index (χ0) is 14.1. The van der Waals surface area contributed by atoms with E-state index in [1.54, 1.807) is 11.3 Å². The molecule has 0 radical (unpaired) electrons. The van der Waals surface area contributed by atoms with Crippen LogP contribution in [0.4, 0.5) is 0 Å². The third-order valence-corrected chi connectivity index (χ3v) is 4.69. The van der Waals surface area contributed by atoms with Gasteiger partial charge in [0.2, 0.25) is 0 Å². The first-order valence-corrected chi connectivity index (χ1v) is 7.80. The Labute approximate surface area is 124 Å². The van der Waals surface area contributed by atoms with Crippen molar-refractivity contribution in [2.75, 3.05) is 0 Å². The third kappa shape index (κ3) is 2.62. The molecule has 20 heavy (non-hydrogen) atoms. The highest BCUT2D eigenvalue weighted by Gasteiger charge is 2.11. The maximum absolute atomic E-state index is 6.42. The Hall–Kier alpha value is -1.64. The normalized spacial score (nSPS) is 12.8. The van der Waals surface area contributed by atoms with Crippen LogP contribution in [0.5, 0.6) is 0 Å². The Morgan fingerprint density at radius 3 is 2.50 bits per heavy atom. The number of hydrogen-bond acceptors (Lipinski definition) is 2. The van der Waals surface area contributed by atoms with Crippen molar-refractivity contribution in [2.45, 2.75) is 26.3 Å². The van der Waals surface area contributed by atoms with Gasteiger partial charge in [0, 0.05) is 10.7 Å². The van der Waals surface area contributed by atoms with Gasteiger partial charge in [-0.25, -0.2) is 0 Å². The topological polar surface area (TPSA) is 26.0 Å². The van der Waals surface area contributed by atoms with E-state index in [-0.39, 0.29) is 6.04 Å². The summed E-state index contributed by atoms with van der Waals surface area (Å²) in [6.07, 6.45) is 0.896. The average molecular weight is 281 g/mol. The monoisotopic (exact) mass is 281 g/mol. The first kappa shape index (κ1) is 13.3. The zero-order valence-corrected chi connectivity index (χ0v) is 12.7. The smallest absolute Gasteiger partial charge is 0.0345 e. The second kappa shape index (κ2) is 5.39. The van der Waals surface area contributed by atoms with Crippen LogP contribution in [0.1, 0.15) is 28.3 Å². The van der Waals surface area contributed by atoms with E-state index in [9.17, 15) is 0 Å². The van der Waals surface area contributed by atoms with Gasteiger partial charge in [0.1, 0.15) is 0 Å². The molecule has 0 aliphatic carbocycles. The molecule has 102 valence electrons. The molecular weight excluding hydrogens is 262 g/mol. The molecule has 0 aliphatic rings. The lowest BCUT2D eigenvalue weighted by Crippen LogP contribution is -2.13. The summed E-state index contributed by atoms with van der Waals surface area (Å²) in [5.41, 5.74) is 11.6. The van der Waals surface area contributed by atoms with Gasteiger partial charge in [0.25, 0.3) is 0 Å². The number of hydrogen-bond donors (Lipinski definition) is 1. The predicted molar refractivity (Wildman–Crippen MR) is 88.4 cm³/mol. The minimum Gasteiger partial charge on any atom is -0.324 e. The SMILES string of the molecule is Cc1cc(C)cc(C(N)Cc2csc3ccccc23)c1. The molecule has 0 saturated carbocycles. The third-order valence-electron chi connectivity index (χ3n) is 3.67. The molecule has 2 heteroatoms. The van der Waals surface area contributed by atoms with Gasteiger partial charge in [-0.2, -0.15) is 0 Å². The van der Waals surface area contributed by atoms with E-state index in [2.05, 4.69) is 61.7 Å². The first-order chi connectivity index (χ1) is 9.63. The van der Waals surface area contributed by atoms with Gasteiger partial charge < -0.3 is 5.73 Å². The molecule has 0 fully saturated rings. The minimum absolute atomic E-state index is 0.0617. The van der Waals surface area contributed by atoms with E-state index < -0.39 is 0 Å². The summed E-state index contributed by atoms with van der Waals surface area (Å²) in [5, 5.41) is 3.59. The van der Waals surface area contributed by atoms with Crippen LogP contribution < -0.4 is 5.73 Å². The van der Waals surface area contributed by atoms with Crippen molar-refractivity contribution in [3.05, 3.63) is 70.1 Å². The number of thiophene rings is 1. The highest BCUT2D eigenvalue weighted by atomic mass is 32.1. The van der Waals surface area contributed by atoms with Crippen molar-refractivity contribution in [1.29, 1.82) is 0 Å². The highest BCUT2D eigenvalue weighted by Crippen LogP contribution is 2.29. The molecule has 1 heterocycles. The molecule has 0 bridgehead atoms. The van der Waals surface area contributed by atoms with Crippen molar-refractivity contribution in [1.82, 2.24) is 0 Å². The second-order valence-corrected chi connectivity index (χ2v) is 6.40. The molecule has 3 rings (SSSR count). The van der Waals surface area contributed by atoms with Gasteiger partial charge in [-0.3, -0.25) is 0 Å². The Balaban J connectivity index is 1.90. The largest absolute Gasteiger partial charge is 0.324 e. The van der Waals surface area contributed by atoms with E-state index >= 15 is 0 Å². The number of rotatable bonds is 3. The summed E-state index contributed by atoms with van der Waals surface area (Å²) >= 11 is 1.80. The average Bonchev–Trinajstić information content (AvgIpc) is 2.81. The van der Waals surface area contributed by atoms with Gasteiger partial charge in [-0.1, -0.05) is 47.5 Å². The van der Waals surface area contributed by atoms with E-state index in [1.165, 1.54) is 32.3 Å². The molecule has 3 aromatic rings. The molecule has 2 N–H and O–H groups in total. The van der Waals surface area contributed by atoms with Crippen LogP contribution in [0.15, 0.2) is 47.8 Å². The molecule has 0 amide bonds. The van der Waals surface area contributed by atoms with Crippen molar-refractivity contribution < 1.29 is 0 Å². The lowest BCUT2D eigenvalue weighted by Gasteiger charge is -2.13. The van der Waals surface area contributed by atoms with Crippen molar-refractivity contribution in [3.63, 3.8) is 0 Å². The lowest BCUT2D eigenvalue weighted by atomic mass is 9.96.